The number of hydrogen-bond donors (Lipinski definition) is 2. The van der Waals surface area contributed by atoms with Gasteiger partial charge in [0.1, 0.15) is 0 Å². The lowest BCUT2D eigenvalue weighted by molar-refractivity contribution is 0.0438. The predicted molar refractivity (Wildman–Crippen MR) is 77.7 cm³/mol. The first kappa shape index (κ1) is 13.6. The highest BCUT2D eigenvalue weighted by Crippen LogP contribution is 2.37. The SMILES string of the molecule is O[C@@H]1C[C@H](n2c(Br)nc3cc(Cl)c(Cl)cc32)C[C@@H]1O. The second-order valence-electron chi connectivity index (χ2n) is 4.77. The molecular weight excluding hydrogens is 355 g/mol. The highest BCUT2D eigenvalue weighted by atomic mass is 79.9. The Balaban J connectivity index is 2.13. The van der Waals surface area contributed by atoms with Crippen LogP contribution in [0.3, 0.4) is 0 Å². The molecule has 7 heteroatoms. The van der Waals surface area contributed by atoms with Gasteiger partial charge in [-0.25, -0.2) is 4.98 Å². The Labute approximate surface area is 128 Å². The predicted octanol–water partition coefficient (Wildman–Crippen LogP) is 3.16. The van der Waals surface area contributed by atoms with Gasteiger partial charge < -0.3 is 14.8 Å². The lowest BCUT2D eigenvalue weighted by atomic mass is 10.2. The van der Waals surface area contributed by atoms with Gasteiger partial charge in [0, 0.05) is 6.04 Å². The third kappa shape index (κ3) is 2.28. The first-order valence-electron chi connectivity index (χ1n) is 5.86. The van der Waals surface area contributed by atoms with Gasteiger partial charge in [-0.15, -0.1) is 0 Å². The number of rotatable bonds is 1. The maximum Gasteiger partial charge on any atom is 0.178 e. The van der Waals surface area contributed by atoms with Gasteiger partial charge >= 0.3 is 0 Å². The van der Waals surface area contributed by atoms with Crippen molar-refractivity contribution in [1.82, 2.24) is 9.55 Å². The number of aromatic nitrogens is 2. The van der Waals surface area contributed by atoms with Crippen molar-refractivity contribution in [1.29, 1.82) is 0 Å². The summed E-state index contributed by atoms with van der Waals surface area (Å²) in [7, 11) is 0. The first-order chi connectivity index (χ1) is 8.97. The molecule has 1 aliphatic carbocycles. The van der Waals surface area contributed by atoms with Gasteiger partial charge in [-0.1, -0.05) is 23.2 Å². The van der Waals surface area contributed by atoms with Crippen molar-refractivity contribution < 1.29 is 10.2 Å². The molecular formula is C12H11BrCl2N2O2. The molecule has 4 nitrogen and oxygen atoms in total. The van der Waals surface area contributed by atoms with Crippen molar-refractivity contribution in [2.45, 2.75) is 31.1 Å². The Hall–Kier alpha value is -0.330. The molecule has 0 bridgehead atoms. The molecule has 1 aromatic carbocycles. The molecule has 3 atom stereocenters. The van der Waals surface area contributed by atoms with Crippen molar-refractivity contribution in [2.24, 2.45) is 0 Å². The minimum Gasteiger partial charge on any atom is -0.390 e. The van der Waals surface area contributed by atoms with E-state index in [0.717, 1.165) is 11.0 Å². The van der Waals surface area contributed by atoms with Crippen LogP contribution in [0.15, 0.2) is 16.9 Å². The van der Waals surface area contributed by atoms with Crippen LogP contribution in [0.25, 0.3) is 11.0 Å². The molecule has 2 aromatic rings. The molecule has 0 saturated heterocycles. The number of fused-ring (bicyclic) bond motifs is 1. The lowest BCUT2D eigenvalue weighted by Crippen LogP contribution is -2.17. The van der Waals surface area contributed by atoms with E-state index in [-0.39, 0.29) is 6.04 Å². The fraction of sp³-hybridized carbons (Fsp3) is 0.417. The molecule has 0 radical (unpaired) electrons. The molecule has 19 heavy (non-hydrogen) atoms. The second kappa shape index (κ2) is 4.90. The number of benzene rings is 1. The second-order valence-corrected chi connectivity index (χ2v) is 6.29. The van der Waals surface area contributed by atoms with E-state index in [1.54, 1.807) is 12.1 Å². The molecule has 0 unspecified atom stereocenters. The van der Waals surface area contributed by atoms with Crippen LogP contribution in [-0.2, 0) is 0 Å². The van der Waals surface area contributed by atoms with Crippen LogP contribution in [0, 0.1) is 0 Å². The fourth-order valence-corrected chi connectivity index (χ4v) is 3.57. The van der Waals surface area contributed by atoms with Gasteiger partial charge in [0.05, 0.1) is 33.3 Å². The van der Waals surface area contributed by atoms with Crippen LogP contribution in [0.5, 0.6) is 0 Å². The van der Waals surface area contributed by atoms with Crippen molar-refractivity contribution in [2.75, 3.05) is 0 Å². The first-order valence-corrected chi connectivity index (χ1v) is 7.41. The Kier molecular flexibility index (Phi) is 3.52. The van der Waals surface area contributed by atoms with Gasteiger partial charge in [-0.3, -0.25) is 0 Å². The minimum atomic E-state index is -0.697. The Morgan fingerprint density at radius 3 is 2.37 bits per heavy atom. The molecule has 2 N–H and O–H groups in total. The van der Waals surface area contributed by atoms with Gasteiger partial charge in [0.2, 0.25) is 0 Å². The standard InChI is InChI=1S/C12H11BrCl2N2O2/c13-12-16-8-3-6(14)7(15)4-9(8)17(12)5-1-10(18)11(19)2-5/h3-5,10-11,18-19H,1-2H2/t5-,10+,11-. The summed E-state index contributed by atoms with van der Waals surface area (Å²) in [6.07, 6.45) is -0.411. The number of imidazole rings is 1. The van der Waals surface area contributed by atoms with E-state index in [9.17, 15) is 10.2 Å². The smallest absolute Gasteiger partial charge is 0.178 e. The van der Waals surface area contributed by atoms with Crippen LogP contribution in [-0.4, -0.2) is 32.0 Å². The van der Waals surface area contributed by atoms with E-state index >= 15 is 0 Å². The van der Waals surface area contributed by atoms with Gasteiger partial charge in [0.25, 0.3) is 0 Å². The number of aliphatic hydroxyl groups is 2. The molecule has 1 heterocycles. The normalized spacial score (nSPS) is 27.3. The van der Waals surface area contributed by atoms with Crippen LogP contribution in [0.1, 0.15) is 18.9 Å². The maximum atomic E-state index is 9.68. The van der Waals surface area contributed by atoms with E-state index in [1.165, 1.54) is 0 Å². The summed E-state index contributed by atoms with van der Waals surface area (Å²) >= 11 is 15.4. The van der Waals surface area contributed by atoms with Crippen LogP contribution >= 0.6 is 39.1 Å². The maximum absolute atomic E-state index is 9.68. The Bertz CT molecular complexity index is 636. The Morgan fingerprint density at radius 1 is 1.16 bits per heavy atom. The van der Waals surface area contributed by atoms with E-state index < -0.39 is 12.2 Å². The van der Waals surface area contributed by atoms with Crippen molar-refractivity contribution in [3.63, 3.8) is 0 Å². The number of aliphatic hydroxyl groups excluding tert-OH is 2. The zero-order chi connectivity index (χ0) is 13.7. The summed E-state index contributed by atoms with van der Waals surface area (Å²) in [6, 6.07) is 3.46. The minimum absolute atomic E-state index is 0.0124. The largest absolute Gasteiger partial charge is 0.390 e. The summed E-state index contributed by atoms with van der Waals surface area (Å²) in [5.41, 5.74) is 1.57. The summed E-state index contributed by atoms with van der Waals surface area (Å²) in [6.45, 7) is 0. The summed E-state index contributed by atoms with van der Waals surface area (Å²) in [4.78, 5) is 4.38. The fourth-order valence-electron chi connectivity index (χ4n) is 2.59. The number of halogens is 3. The number of hydrogen-bond acceptors (Lipinski definition) is 3. The zero-order valence-corrected chi connectivity index (χ0v) is 12.8. The molecule has 3 rings (SSSR count). The number of nitrogens with zero attached hydrogens (tertiary/aromatic N) is 2. The quantitative estimate of drug-likeness (QED) is 0.816. The molecule has 0 spiro atoms. The molecule has 1 aromatic heterocycles. The highest BCUT2D eigenvalue weighted by Gasteiger charge is 2.34. The molecule has 0 aliphatic heterocycles. The van der Waals surface area contributed by atoms with E-state index in [1.807, 2.05) is 4.57 Å². The summed E-state index contributed by atoms with van der Waals surface area (Å²) < 4.78 is 2.59. The molecule has 1 saturated carbocycles. The van der Waals surface area contributed by atoms with Crippen molar-refractivity contribution >= 4 is 50.2 Å². The third-order valence-electron chi connectivity index (χ3n) is 3.52. The van der Waals surface area contributed by atoms with Crippen molar-refractivity contribution in [3.05, 3.63) is 26.9 Å². The van der Waals surface area contributed by atoms with Crippen LogP contribution < -0.4 is 0 Å². The topological polar surface area (TPSA) is 58.3 Å². The van der Waals surface area contributed by atoms with Gasteiger partial charge in [-0.2, -0.15) is 0 Å². The van der Waals surface area contributed by atoms with Gasteiger partial charge in [0.15, 0.2) is 4.73 Å². The lowest BCUT2D eigenvalue weighted by Gasteiger charge is -2.14. The zero-order valence-electron chi connectivity index (χ0n) is 9.72. The summed E-state index contributed by atoms with van der Waals surface area (Å²) in [5, 5.41) is 20.3. The average Bonchev–Trinajstić information content (AvgIpc) is 2.80. The third-order valence-corrected chi connectivity index (χ3v) is 4.81. The summed E-state index contributed by atoms with van der Waals surface area (Å²) in [5.74, 6) is 0. The Morgan fingerprint density at radius 2 is 1.74 bits per heavy atom. The monoisotopic (exact) mass is 364 g/mol. The van der Waals surface area contributed by atoms with E-state index in [0.29, 0.717) is 27.6 Å². The molecule has 0 amide bonds. The van der Waals surface area contributed by atoms with Crippen LogP contribution in [0.4, 0.5) is 0 Å². The molecule has 1 fully saturated rings. The van der Waals surface area contributed by atoms with Crippen molar-refractivity contribution in [3.8, 4) is 0 Å². The van der Waals surface area contributed by atoms with E-state index in [2.05, 4.69) is 20.9 Å². The van der Waals surface area contributed by atoms with Gasteiger partial charge in [-0.05, 0) is 40.9 Å². The molecule has 102 valence electrons. The van der Waals surface area contributed by atoms with E-state index in [4.69, 9.17) is 23.2 Å². The average molecular weight is 366 g/mol. The molecule has 1 aliphatic rings. The van der Waals surface area contributed by atoms with Crippen LogP contribution in [0.2, 0.25) is 10.0 Å². The highest BCUT2D eigenvalue weighted by molar-refractivity contribution is 9.10.